The van der Waals surface area contributed by atoms with Gasteiger partial charge in [-0.15, -0.1) is 70.4 Å². The van der Waals surface area contributed by atoms with Crippen LogP contribution in [0.1, 0.15) is 36.6 Å². The van der Waals surface area contributed by atoms with Crippen LogP contribution in [-0.4, -0.2) is 15.0 Å². The molecule has 0 fully saturated rings. The summed E-state index contributed by atoms with van der Waals surface area (Å²) in [6, 6.07) is 35.4. The monoisotopic (exact) mass is 672 g/mol. The van der Waals surface area contributed by atoms with E-state index < -0.39 is 0 Å². The van der Waals surface area contributed by atoms with Crippen LogP contribution in [0.25, 0.3) is 44.2 Å². The Kier molecular flexibility index (Phi) is 8.78. The molecule has 2 heterocycles. The summed E-state index contributed by atoms with van der Waals surface area (Å²) in [7, 11) is 0. The first-order chi connectivity index (χ1) is 18.0. The van der Waals surface area contributed by atoms with Crippen LogP contribution in [-0.2, 0) is 20.1 Å². The second-order valence-corrected chi connectivity index (χ2v) is 9.51. The second kappa shape index (κ2) is 12.2. The Morgan fingerprint density at radius 2 is 1.50 bits per heavy atom. The van der Waals surface area contributed by atoms with E-state index in [0.29, 0.717) is 5.92 Å². The van der Waals surface area contributed by atoms with E-state index in [0.717, 1.165) is 39.1 Å². The van der Waals surface area contributed by atoms with E-state index in [1.807, 2.05) is 62.6 Å². The van der Waals surface area contributed by atoms with Gasteiger partial charge in [0.1, 0.15) is 0 Å². The molecule has 0 unspecified atom stereocenters. The first-order valence-electron chi connectivity index (χ1n) is 12.6. The number of rotatable bonds is 3. The van der Waals surface area contributed by atoms with Crippen LogP contribution in [0.2, 0.25) is 0 Å². The van der Waals surface area contributed by atoms with Crippen LogP contribution in [0, 0.1) is 26.0 Å². The molecule has 191 valence electrons. The SMILES string of the molecule is CC(C)c1cnc2c(ccc3ccc[c-]c32)c1.Cc1cnc(-c2[c-]ccc(-c3ccccc3)c2)nc1C.[Ir]. The second-order valence-electron chi connectivity index (χ2n) is 9.51. The molecule has 38 heavy (non-hydrogen) atoms. The van der Waals surface area contributed by atoms with Gasteiger partial charge >= 0.3 is 0 Å². The predicted octanol–water partition coefficient (Wildman–Crippen LogP) is 8.54. The predicted molar refractivity (Wildman–Crippen MR) is 153 cm³/mol. The van der Waals surface area contributed by atoms with E-state index in [9.17, 15) is 0 Å². The maximum Gasteiger partial charge on any atom is 0.0751 e. The molecule has 6 rings (SSSR count). The van der Waals surface area contributed by atoms with Crippen molar-refractivity contribution in [3.8, 4) is 22.5 Å². The zero-order valence-corrected chi connectivity index (χ0v) is 24.4. The molecule has 0 bridgehead atoms. The molecule has 0 aliphatic rings. The molecular formula is C34H29IrN3-2. The standard InChI is InChI=1S/C18H15N2.C16H14N.Ir/c1-13-12-19-18(20-14(13)2)17-10-6-9-16(11-17)15-7-4-3-5-8-15;1-11(2)14-9-13-8-7-12-5-3-4-6-15(12)16(13)17-10-14;/h3-9,11-12H,1-2H3;3-5,7-11H,1-2H3;/q2*-1;. The molecule has 1 radical (unpaired) electrons. The Hall–Kier alpha value is -3.72. The summed E-state index contributed by atoms with van der Waals surface area (Å²) in [5.41, 5.74) is 7.71. The first-order valence-corrected chi connectivity index (χ1v) is 12.6. The molecule has 0 spiro atoms. The van der Waals surface area contributed by atoms with Crippen molar-refractivity contribution in [3.63, 3.8) is 0 Å². The minimum absolute atomic E-state index is 0. The summed E-state index contributed by atoms with van der Waals surface area (Å²) in [4.78, 5) is 13.5. The molecule has 4 aromatic carbocycles. The van der Waals surface area contributed by atoms with Crippen LogP contribution in [0.3, 0.4) is 0 Å². The summed E-state index contributed by atoms with van der Waals surface area (Å²) in [5.74, 6) is 1.24. The van der Waals surface area contributed by atoms with Gasteiger partial charge in [0, 0.05) is 38.2 Å². The van der Waals surface area contributed by atoms with Gasteiger partial charge < -0.3 is 4.98 Å². The molecule has 6 aromatic rings. The van der Waals surface area contributed by atoms with Gasteiger partial charge in [-0.25, -0.2) is 0 Å². The molecule has 0 amide bonds. The van der Waals surface area contributed by atoms with Crippen molar-refractivity contribution in [3.05, 3.63) is 126 Å². The number of pyridine rings is 1. The van der Waals surface area contributed by atoms with Gasteiger partial charge in [0.25, 0.3) is 0 Å². The largest absolute Gasteiger partial charge is 0.304 e. The number of nitrogens with zero attached hydrogens (tertiary/aromatic N) is 3. The molecule has 0 aliphatic carbocycles. The van der Waals surface area contributed by atoms with Gasteiger partial charge in [-0.3, -0.25) is 9.97 Å². The Morgan fingerprint density at radius 1 is 0.711 bits per heavy atom. The Morgan fingerprint density at radius 3 is 2.26 bits per heavy atom. The summed E-state index contributed by atoms with van der Waals surface area (Å²) >= 11 is 0. The van der Waals surface area contributed by atoms with Crippen molar-refractivity contribution in [2.45, 2.75) is 33.6 Å². The molecule has 0 aliphatic heterocycles. The number of hydrogen-bond acceptors (Lipinski definition) is 3. The van der Waals surface area contributed by atoms with Crippen molar-refractivity contribution in [1.82, 2.24) is 15.0 Å². The summed E-state index contributed by atoms with van der Waals surface area (Å²) in [5, 5.41) is 3.51. The molecule has 3 nitrogen and oxygen atoms in total. The van der Waals surface area contributed by atoms with E-state index in [1.54, 1.807) is 0 Å². The number of fused-ring (bicyclic) bond motifs is 3. The molecular weight excluding hydrogens is 643 g/mol. The van der Waals surface area contributed by atoms with Crippen LogP contribution in [0.5, 0.6) is 0 Å². The molecule has 0 saturated heterocycles. The average Bonchev–Trinajstić information content (AvgIpc) is 2.95. The van der Waals surface area contributed by atoms with Gasteiger partial charge in [0.2, 0.25) is 0 Å². The number of hydrogen-bond donors (Lipinski definition) is 0. The van der Waals surface area contributed by atoms with E-state index in [-0.39, 0.29) is 20.1 Å². The van der Waals surface area contributed by atoms with Crippen LogP contribution < -0.4 is 0 Å². The van der Waals surface area contributed by atoms with E-state index in [1.165, 1.54) is 21.9 Å². The molecule has 0 atom stereocenters. The zero-order valence-electron chi connectivity index (χ0n) is 22.0. The number of aromatic nitrogens is 3. The Labute approximate surface area is 238 Å². The van der Waals surface area contributed by atoms with Crippen molar-refractivity contribution in [2.75, 3.05) is 0 Å². The zero-order chi connectivity index (χ0) is 25.8. The van der Waals surface area contributed by atoms with Gasteiger partial charge in [0.15, 0.2) is 0 Å². The van der Waals surface area contributed by atoms with Crippen LogP contribution in [0.15, 0.2) is 97.3 Å². The Balaban J connectivity index is 0.000000174. The fourth-order valence-electron chi connectivity index (χ4n) is 4.19. The average molecular weight is 672 g/mol. The molecule has 0 N–H and O–H groups in total. The maximum absolute atomic E-state index is 4.60. The smallest absolute Gasteiger partial charge is 0.0751 e. The van der Waals surface area contributed by atoms with Crippen molar-refractivity contribution in [1.29, 1.82) is 0 Å². The van der Waals surface area contributed by atoms with Crippen molar-refractivity contribution in [2.24, 2.45) is 0 Å². The summed E-state index contributed by atoms with van der Waals surface area (Å²) < 4.78 is 0. The van der Waals surface area contributed by atoms with Gasteiger partial charge in [0.05, 0.1) is 5.82 Å². The van der Waals surface area contributed by atoms with Crippen molar-refractivity contribution < 1.29 is 20.1 Å². The van der Waals surface area contributed by atoms with Gasteiger partial charge in [-0.05, 0) is 47.4 Å². The van der Waals surface area contributed by atoms with Gasteiger partial charge in [-0.1, -0.05) is 62.4 Å². The first kappa shape index (κ1) is 27.3. The van der Waals surface area contributed by atoms with E-state index in [2.05, 4.69) is 89.5 Å². The quantitative estimate of drug-likeness (QED) is 0.140. The number of benzene rings is 4. The van der Waals surface area contributed by atoms with Crippen LogP contribution >= 0.6 is 0 Å². The third-order valence-electron chi connectivity index (χ3n) is 6.55. The third kappa shape index (κ3) is 6.05. The summed E-state index contributed by atoms with van der Waals surface area (Å²) in [6.45, 7) is 8.40. The van der Waals surface area contributed by atoms with Crippen LogP contribution in [0.4, 0.5) is 0 Å². The molecule has 4 heteroatoms. The minimum atomic E-state index is 0. The fourth-order valence-corrected chi connectivity index (χ4v) is 4.19. The maximum atomic E-state index is 4.60. The fraction of sp³-hybridized carbons (Fsp3) is 0.147. The minimum Gasteiger partial charge on any atom is -0.304 e. The van der Waals surface area contributed by atoms with Gasteiger partial charge in [-0.2, -0.15) is 0 Å². The van der Waals surface area contributed by atoms with E-state index in [4.69, 9.17) is 0 Å². The number of aryl methyl sites for hydroxylation is 2. The summed E-state index contributed by atoms with van der Waals surface area (Å²) in [6.07, 6.45) is 3.84. The normalized spacial score (nSPS) is 10.7. The van der Waals surface area contributed by atoms with E-state index >= 15 is 0 Å². The third-order valence-corrected chi connectivity index (χ3v) is 6.55. The molecule has 0 saturated carbocycles. The van der Waals surface area contributed by atoms with Crippen molar-refractivity contribution >= 4 is 21.7 Å². The topological polar surface area (TPSA) is 38.7 Å². The Bertz CT molecular complexity index is 1680. The molecule has 2 aromatic heterocycles.